The summed E-state index contributed by atoms with van der Waals surface area (Å²) in [4.78, 5) is 11.8. The van der Waals surface area contributed by atoms with Gasteiger partial charge in [-0.15, -0.1) is 0 Å². The van der Waals surface area contributed by atoms with Crippen molar-refractivity contribution in [2.45, 2.75) is 25.1 Å². The smallest absolute Gasteiger partial charge is 0.343 e. The van der Waals surface area contributed by atoms with Crippen LogP contribution in [-0.4, -0.2) is 46.2 Å². The predicted molar refractivity (Wildman–Crippen MR) is 71.5 cm³/mol. The van der Waals surface area contributed by atoms with Gasteiger partial charge in [-0.1, -0.05) is 0 Å². The fraction of sp³-hybridized carbons (Fsp3) is 0.667. The predicted octanol–water partition coefficient (Wildman–Crippen LogP) is 2.46. The summed E-state index contributed by atoms with van der Waals surface area (Å²) in [5.74, 6) is -3.46. The summed E-state index contributed by atoms with van der Waals surface area (Å²) in [5, 5.41) is 1.63. The van der Waals surface area contributed by atoms with Crippen LogP contribution in [0.4, 0.5) is 33.8 Å². The van der Waals surface area contributed by atoms with Crippen LogP contribution >= 0.6 is 25.1 Å². The van der Waals surface area contributed by atoms with Crippen LogP contribution in [0.3, 0.4) is 0 Å². The van der Waals surface area contributed by atoms with Crippen molar-refractivity contribution in [2.24, 2.45) is 0 Å². The van der Waals surface area contributed by atoms with E-state index in [0.717, 1.165) is 11.8 Å². The van der Waals surface area contributed by atoms with Crippen LogP contribution in [0.25, 0.3) is 0 Å². The second-order valence-electron chi connectivity index (χ2n) is 4.35. The van der Waals surface area contributed by atoms with E-state index in [1.54, 1.807) is 0 Å². The van der Waals surface area contributed by atoms with Crippen molar-refractivity contribution in [3.05, 3.63) is 5.28 Å². The van der Waals surface area contributed by atoms with Crippen LogP contribution in [0.1, 0.15) is 6.92 Å². The van der Waals surface area contributed by atoms with Crippen molar-refractivity contribution in [2.75, 3.05) is 23.3 Å². The van der Waals surface area contributed by atoms with Gasteiger partial charge in [0.25, 0.3) is 5.92 Å². The van der Waals surface area contributed by atoms with E-state index >= 15 is 0 Å². The molecule has 1 aromatic rings. The van der Waals surface area contributed by atoms with Gasteiger partial charge in [0.05, 0.1) is 13.1 Å². The molecule has 120 valence electrons. The van der Waals surface area contributed by atoms with Crippen LogP contribution in [0, 0.1) is 0 Å². The maximum absolute atomic E-state index is 12.7. The number of halogens is 6. The van der Waals surface area contributed by atoms with Gasteiger partial charge in [0.2, 0.25) is 17.2 Å². The van der Waals surface area contributed by atoms with Crippen LogP contribution in [0.15, 0.2) is 0 Å². The zero-order valence-corrected chi connectivity index (χ0v) is 12.3. The SMILES string of the molecule is C[C@H](Nc1nc(Cl)nc(N2CC(F)(F)C2)n1)C(F)(F)F.S. The number of nitrogens with one attached hydrogen (secondary N) is 1. The lowest BCUT2D eigenvalue weighted by molar-refractivity contribution is -0.138. The Hall–Kier alpha value is -1.10. The minimum absolute atomic E-state index is 0. The van der Waals surface area contributed by atoms with Crippen molar-refractivity contribution >= 4 is 37.0 Å². The molecule has 0 bridgehead atoms. The van der Waals surface area contributed by atoms with Crippen LogP contribution < -0.4 is 10.2 Å². The third kappa shape index (κ3) is 4.43. The van der Waals surface area contributed by atoms with Gasteiger partial charge >= 0.3 is 6.18 Å². The topological polar surface area (TPSA) is 53.9 Å². The van der Waals surface area contributed by atoms with Gasteiger partial charge in [-0.25, -0.2) is 8.78 Å². The van der Waals surface area contributed by atoms with E-state index in [0.29, 0.717) is 0 Å². The molecule has 12 heteroatoms. The highest BCUT2D eigenvalue weighted by molar-refractivity contribution is 7.59. The number of nitrogens with zero attached hydrogens (tertiary/aromatic N) is 4. The van der Waals surface area contributed by atoms with E-state index < -0.39 is 37.2 Å². The summed E-state index contributed by atoms with van der Waals surface area (Å²) < 4.78 is 62.7. The van der Waals surface area contributed by atoms with Gasteiger partial charge in [-0.05, 0) is 18.5 Å². The number of hydrogen-bond donors (Lipinski definition) is 1. The second-order valence-corrected chi connectivity index (χ2v) is 4.69. The Labute approximate surface area is 128 Å². The van der Waals surface area contributed by atoms with Gasteiger partial charge in [0.15, 0.2) is 0 Å². The molecule has 2 rings (SSSR count). The number of aromatic nitrogens is 3. The zero-order chi connectivity index (χ0) is 15.1. The lowest BCUT2D eigenvalue weighted by Crippen LogP contribution is -2.57. The molecule has 1 saturated heterocycles. The molecule has 2 heterocycles. The van der Waals surface area contributed by atoms with E-state index in [2.05, 4.69) is 15.0 Å². The zero-order valence-electron chi connectivity index (χ0n) is 10.5. The molecule has 1 aliphatic heterocycles. The number of rotatable bonds is 3. The fourth-order valence-corrected chi connectivity index (χ4v) is 1.63. The first kappa shape index (κ1) is 18.0. The van der Waals surface area contributed by atoms with Crippen LogP contribution in [0.2, 0.25) is 5.28 Å². The van der Waals surface area contributed by atoms with Crippen molar-refractivity contribution < 1.29 is 22.0 Å². The Bertz CT molecular complexity index is 506. The first-order valence-electron chi connectivity index (χ1n) is 5.44. The minimum Gasteiger partial charge on any atom is -0.343 e. The molecule has 21 heavy (non-hydrogen) atoms. The molecule has 1 atom stereocenters. The van der Waals surface area contributed by atoms with E-state index in [9.17, 15) is 22.0 Å². The molecule has 1 fully saturated rings. The summed E-state index contributed by atoms with van der Waals surface area (Å²) in [6, 6.07) is -1.91. The molecule has 0 aliphatic carbocycles. The van der Waals surface area contributed by atoms with Gasteiger partial charge in [-0.3, -0.25) is 0 Å². The molecule has 1 aliphatic rings. The van der Waals surface area contributed by atoms with Crippen LogP contribution in [0.5, 0.6) is 0 Å². The molecular weight excluding hydrogens is 341 g/mol. The van der Waals surface area contributed by atoms with Crippen molar-refractivity contribution in [3.63, 3.8) is 0 Å². The Morgan fingerprint density at radius 3 is 2.29 bits per heavy atom. The molecule has 1 N–H and O–H groups in total. The molecule has 0 radical (unpaired) electrons. The molecule has 0 amide bonds. The Kier molecular flexibility index (Phi) is 5.09. The minimum atomic E-state index is -4.50. The first-order valence-corrected chi connectivity index (χ1v) is 5.82. The van der Waals surface area contributed by atoms with Gasteiger partial charge in [0, 0.05) is 0 Å². The van der Waals surface area contributed by atoms with Gasteiger partial charge in [0.1, 0.15) is 6.04 Å². The summed E-state index contributed by atoms with van der Waals surface area (Å²) in [6.45, 7) is -0.349. The molecule has 0 aromatic carbocycles. The third-order valence-corrected chi connectivity index (χ3v) is 2.73. The summed E-state index contributed by atoms with van der Waals surface area (Å²) >= 11 is 5.55. The largest absolute Gasteiger partial charge is 0.408 e. The number of anilines is 2. The summed E-state index contributed by atoms with van der Waals surface area (Å²) in [5.41, 5.74) is 0. The van der Waals surface area contributed by atoms with Gasteiger partial charge < -0.3 is 10.2 Å². The summed E-state index contributed by atoms with van der Waals surface area (Å²) in [7, 11) is 0. The van der Waals surface area contributed by atoms with E-state index in [-0.39, 0.29) is 24.7 Å². The Balaban J connectivity index is 0.00000220. The average molecular weight is 352 g/mol. The quantitative estimate of drug-likeness (QED) is 0.848. The van der Waals surface area contributed by atoms with Crippen molar-refractivity contribution in [1.82, 2.24) is 15.0 Å². The maximum Gasteiger partial charge on any atom is 0.408 e. The molecule has 1 aromatic heterocycles. The summed E-state index contributed by atoms with van der Waals surface area (Å²) in [6.07, 6.45) is -4.50. The Morgan fingerprint density at radius 1 is 1.24 bits per heavy atom. The molecule has 0 unspecified atom stereocenters. The standard InChI is InChI=1S/C9H9ClF5N5.H2S/c1-4(9(13,14)15)16-6-17-5(10)18-7(19-6)20-2-8(11,12)3-20;/h4H,2-3H2,1H3,(H,16,17,18,19);1H2/t4-;/m0./s1. The number of alkyl halides is 5. The average Bonchev–Trinajstić information content (AvgIpc) is 2.23. The molecule has 0 spiro atoms. The van der Waals surface area contributed by atoms with E-state index in [4.69, 9.17) is 11.6 Å². The first-order chi connectivity index (χ1) is 9.07. The highest BCUT2D eigenvalue weighted by Crippen LogP contribution is 2.30. The highest BCUT2D eigenvalue weighted by atomic mass is 35.5. The van der Waals surface area contributed by atoms with Gasteiger partial charge in [-0.2, -0.15) is 41.6 Å². The van der Waals surface area contributed by atoms with Crippen LogP contribution in [-0.2, 0) is 0 Å². The van der Waals surface area contributed by atoms with Crippen molar-refractivity contribution in [1.29, 1.82) is 0 Å². The van der Waals surface area contributed by atoms with E-state index in [1.807, 2.05) is 5.32 Å². The molecule has 5 nitrogen and oxygen atoms in total. The third-order valence-electron chi connectivity index (χ3n) is 2.56. The molecular formula is C9H11ClF5N5S. The number of hydrogen-bond acceptors (Lipinski definition) is 5. The monoisotopic (exact) mass is 351 g/mol. The highest BCUT2D eigenvalue weighted by Gasteiger charge is 2.45. The normalized spacial score (nSPS) is 18.5. The second kappa shape index (κ2) is 5.95. The lowest BCUT2D eigenvalue weighted by atomic mass is 10.2. The Morgan fingerprint density at radius 2 is 1.81 bits per heavy atom. The maximum atomic E-state index is 12.7. The van der Waals surface area contributed by atoms with Crippen molar-refractivity contribution in [3.8, 4) is 0 Å². The fourth-order valence-electron chi connectivity index (χ4n) is 1.47. The molecule has 0 saturated carbocycles. The van der Waals surface area contributed by atoms with E-state index in [1.165, 1.54) is 0 Å². The lowest BCUT2D eigenvalue weighted by Gasteiger charge is -2.38.